The first-order chi connectivity index (χ1) is 9.08. The molecule has 1 saturated heterocycles. The number of rotatable bonds is 2. The maximum Gasteiger partial charge on any atom is 0.227 e. The van der Waals surface area contributed by atoms with Crippen molar-refractivity contribution in [1.82, 2.24) is 9.88 Å². The minimum absolute atomic E-state index is 0.0573. The Kier molecular flexibility index (Phi) is 4.37. The quantitative estimate of drug-likeness (QED) is 0.843. The summed E-state index contributed by atoms with van der Waals surface area (Å²) >= 11 is 5.89. The molecule has 0 aromatic carbocycles. The van der Waals surface area contributed by atoms with Crippen molar-refractivity contribution in [2.75, 3.05) is 18.4 Å². The van der Waals surface area contributed by atoms with Crippen LogP contribution in [0.2, 0.25) is 5.15 Å². The van der Waals surface area contributed by atoms with E-state index in [0.717, 1.165) is 0 Å². The van der Waals surface area contributed by atoms with Gasteiger partial charge in [0.05, 0.1) is 5.69 Å². The molecule has 2 amide bonds. The maximum atomic E-state index is 12.1. The Morgan fingerprint density at radius 1 is 1.42 bits per heavy atom. The Labute approximate surface area is 117 Å². The molecule has 1 aliphatic rings. The summed E-state index contributed by atoms with van der Waals surface area (Å²) in [6.45, 7) is 2.82. The van der Waals surface area contributed by atoms with Gasteiger partial charge in [0.25, 0.3) is 0 Å². The largest absolute Gasteiger partial charge is 0.343 e. The number of aromatic nitrogens is 1. The molecule has 2 rings (SSSR count). The van der Waals surface area contributed by atoms with Crippen molar-refractivity contribution >= 4 is 29.1 Å². The third-order valence-corrected chi connectivity index (χ3v) is 3.63. The van der Waals surface area contributed by atoms with E-state index in [-0.39, 0.29) is 22.9 Å². The van der Waals surface area contributed by atoms with Gasteiger partial charge in [-0.1, -0.05) is 11.6 Å². The van der Waals surface area contributed by atoms with Gasteiger partial charge in [0.2, 0.25) is 11.8 Å². The molecule has 0 aliphatic carbocycles. The molecule has 0 unspecified atom stereocenters. The number of nitrogens with zero attached hydrogens (tertiary/aromatic N) is 2. The van der Waals surface area contributed by atoms with E-state index in [1.807, 2.05) is 0 Å². The zero-order valence-electron chi connectivity index (χ0n) is 10.7. The molecule has 1 aromatic heterocycles. The lowest BCUT2D eigenvalue weighted by molar-refractivity contribution is -0.132. The molecule has 5 nitrogen and oxygen atoms in total. The second kappa shape index (κ2) is 6.02. The van der Waals surface area contributed by atoms with Crippen LogP contribution in [0.25, 0.3) is 0 Å². The number of likely N-dealkylation sites (tertiary alicyclic amines) is 1. The van der Waals surface area contributed by atoms with Gasteiger partial charge in [-0.05, 0) is 25.0 Å². The number of halogens is 1. The average Bonchev–Trinajstić information content (AvgIpc) is 2.41. The lowest BCUT2D eigenvalue weighted by atomic mass is 9.96. The van der Waals surface area contributed by atoms with Gasteiger partial charge in [-0.15, -0.1) is 0 Å². The number of carbonyl (C=O) groups is 2. The van der Waals surface area contributed by atoms with Gasteiger partial charge >= 0.3 is 0 Å². The van der Waals surface area contributed by atoms with E-state index in [4.69, 9.17) is 11.6 Å². The zero-order valence-corrected chi connectivity index (χ0v) is 11.5. The molecule has 0 saturated carbocycles. The van der Waals surface area contributed by atoms with Gasteiger partial charge in [-0.25, -0.2) is 4.98 Å². The lowest BCUT2D eigenvalue weighted by Gasteiger charge is -2.30. The third kappa shape index (κ3) is 3.44. The molecule has 0 spiro atoms. The van der Waals surface area contributed by atoms with Crippen LogP contribution in [0.15, 0.2) is 18.3 Å². The summed E-state index contributed by atoms with van der Waals surface area (Å²) in [6.07, 6.45) is 2.94. The molecule has 1 N–H and O–H groups in total. The van der Waals surface area contributed by atoms with E-state index in [1.165, 1.54) is 0 Å². The number of hydrogen-bond acceptors (Lipinski definition) is 3. The molecule has 19 heavy (non-hydrogen) atoms. The van der Waals surface area contributed by atoms with Crippen LogP contribution in [-0.4, -0.2) is 34.8 Å². The lowest BCUT2D eigenvalue weighted by Crippen LogP contribution is -2.40. The molecule has 0 bridgehead atoms. The number of pyridine rings is 1. The average molecular weight is 282 g/mol. The molecule has 1 aliphatic heterocycles. The summed E-state index contributed by atoms with van der Waals surface area (Å²) < 4.78 is 0. The minimum atomic E-state index is -0.0770. The smallest absolute Gasteiger partial charge is 0.227 e. The highest BCUT2D eigenvalue weighted by Gasteiger charge is 2.26. The van der Waals surface area contributed by atoms with Crippen molar-refractivity contribution in [3.63, 3.8) is 0 Å². The highest BCUT2D eigenvalue weighted by molar-refractivity contribution is 6.32. The van der Waals surface area contributed by atoms with Gasteiger partial charge in [-0.2, -0.15) is 0 Å². The van der Waals surface area contributed by atoms with Gasteiger partial charge in [-0.3, -0.25) is 9.59 Å². The number of anilines is 1. The zero-order chi connectivity index (χ0) is 13.8. The molecule has 1 fully saturated rings. The molecular formula is C13H16ClN3O2. The second-order valence-corrected chi connectivity index (χ2v) is 4.97. The van der Waals surface area contributed by atoms with Gasteiger partial charge < -0.3 is 10.2 Å². The number of nitrogens with one attached hydrogen (secondary N) is 1. The summed E-state index contributed by atoms with van der Waals surface area (Å²) in [5, 5.41) is 3.08. The first kappa shape index (κ1) is 13.8. The van der Waals surface area contributed by atoms with Gasteiger partial charge in [0.1, 0.15) is 0 Å². The highest BCUT2D eigenvalue weighted by Crippen LogP contribution is 2.22. The summed E-state index contributed by atoms with van der Waals surface area (Å²) in [4.78, 5) is 29.0. The number of piperidine rings is 1. The van der Waals surface area contributed by atoms with Crippen molar-refractivity contribution < 1.29 is 9.59 Å². The van der Waals surface area contributed by atoms with Crippen molar-refractivity contribution in [1.29, 1.82) is 0 Å². The Morgan fingerprint density at radius 2 is 2.11 bits per heavy atom. The summed E-state index contributed by atoms with van der Waals surface area (Å²) in [5.74, 6) is -0.0702. The predicted octanol–water partition coefficient (Wildman–Crippen LogP) is 1.93. The fourth-order valence-electron chi connectivity index (χ4n) is 2.17. The maximum absolute atomic E-state index is 12.1. The van der Waals surface area contributed by atoms with E-state index in [0.29, 0.717) is 31.6 Å². The van der Waals surface area contributed by atoms with Gasteiger partial charge in [0, 0.05) is 32.1 Å². The molecule has 1 aromatic rings. The summed E-state index contributed by atoms with van der Waals surface area (Å²) in [7, 11) is 0. The van der Waals surface area contributed by atoms with E-state index < -0.39 is 0 Å². The van der Waals surface area contributed by atoms with E-state index in [9.17, 15) is 9.59 Å². The summed E-state index contributed by atoms with van der Waals surface area (Å²) in [5.41, 5.74) is 0.531. The standard InChI is InChI=1S/C13H16ClN3O2/c1-9(18)17-7-4-10(5-8-17)13(19)16-11-3-2-6-15-12(11)14/h2-3,6,10H,4-5,7-8H2,1H3,(H,16,19). The van der Waals surface area contributed by atoms with Crippen molar-refractivity contribution in [3.05, 3.63) is 23.5 Å². The van der Waals surface area contributed by atoms with Crippen molar-refractivity contribution in [2.24, 2.45) is 5.92 Å². The molecule has 6 heteroatoms. The number of amides is 2. The highest BCUT2D eigenvalue weighted by atomic mass is 35.5. The Balaban J connectivity index is 1.92. The molecular weight excluding hydrogens is 266 g/mol. The van der Waals surface area contributed by atoms with Crippen LogP contribution in [0.1, 0.15) is 19.8 Å². The van der Waals surface area contributed by atoms with Crippen LogP contribution in [0.4, 0.5) is 5.69 Å². The fourth-order valence-corrected chi connectivity index (χ4v) is 2.34. The first-order valence-electron chi connectivity index (χ1n) is 6.25. The van der Waals surface area contributed by atoms with Crippen molar-refractivity contribution in [3.8, 4) is 0 Å². The SMILES string of the molecule is CC(=O)N1CCC(C(=O)Nc2cccnc2Cl)CC1. The second-order valence-electron chi connectivity index (χ2n) is 4.61. The van der Waals surface area contributed by atoms with Crippen LogP contribution < -0.4 is 5.32 Å². The third-order valence-electron chi connectivity index (χ3n) is 3.33. The fraction of sp³-hybridized carbons (Fsp3) is 0.462. The minimum Gasteiger partial charge on any atom is -0.343 e. The van der Waals surface area contributed by atoms with E-state index >= 15 is 0 Å². The monoisotopic (exact) mass is 281 g/mol. The van der Waals surface area contributed by atoms with Crippen LogP contribution in [0.5, 0.6) is 0 Å². The van der Waals surface area contributed by atoms with Crippen LogP contribution in [0.3, 0.4) is 0 Å². The predicted molar refractivity (Wildman–Crippen MR) is 72.9 cm³/mol. The van der Waals surface area contributed by atoms with E-state index in [1.54, 1.807) is 30.2 Å². The number of carbonyl (C=O) groups excluding carboxylic acids is 2. The van der Waals surface area contributed by atoms with Crippen LogP contribution in [-0.2, 0) is 9.59 Å². The topological polar surface area (TPSA) is 62.3 Å². The summed E-state index contributed by atoms with van der Waals surface area (Å²) in [6, 6.07) is 3.44. The van der Waals surface area contributed by atoms with E-state index in [2.05, 4.69) is 10.3 Å². The molecule has 0 atom stereocenters. The normalized spacial score (nSPS) is 16.2. The Morgan fingerprint density at radius 3 is 2.68 bits per heavy atom. The van der Waals surface area contributed by atoms with Crippen LogP contribution in [0, 0.1) is 5.92 Å². The van der Waals surface area contributed by atoms with Crippen LogP contribution >= 0.6 is 11.6 Å². The first-order valence-corrected chi connectivity index (χ1v) is 6.62. The number of hydrogen-bond donors (Lipinski definition) is 1. The van der Waals surface area contributed by atoms with Gasteiger partial charge in [0.15, 0.2) is 5.15 Å². The molecule has 0 radical (unpaired) electrons. The molecule has 2 heterocycles. The Bertz CT molecular complexity index is 485. The Hall–Kier alpha value is -1.62. The molecule has 102 valence electrons. The van der Waals surface area contributed by atoms with Crippen molar-refractivity contribution in [2.45, 2.75) is 19.8 Å².